The van der Waals surface area contributed by atoms with Crippen LogP contribution in [0, 0.1) is 6.07 Å². The van der Waals surface area contributed by atoms with Gasteiger partial charge in [-0.05, 0) is 16.2 Å². The largest absolute Gasteiger partial charge is 2.00 e. The molecule has 82 valence electrons. The van der Waals surface area contributed by atoms with Gasteiger partial charge in [0, 0.05) is 0 Å². The smallest absolute Gasteiger partial charge is 1.00 e. The Morgan fingerprint density at radius 2 is 1.28 bits per heavy atom. The fourth-order valence-electron chi connectivity index (χ4n) is 2.59. The summed E-state index contributed by atoms with van der Waals surface area (Å²) in [6.45, 7) is 0. The molecular formula is C16H9BrMg. The Bertz CT molecular complexity index is 678. The minimum Gasteiger partial charge on any atom is -1.00 e. The number of halogens is 1. The fourth-order valence-corrected chi connectivity index (χ4v) is 2.59. The third-order valence-electron chi connectivity index (χ3n) is 3.31. The molecule has 2 heteroatoms. The molecule has 0 bridgehead atoms. The van der Waals surface area contributed by atoms with Gasteiger partial charge in [0.05, 0.1) is 0 Å². The minimum atomic E-state index is 0. The topological polar surface area (TPSA) is 0 Å². The standard InChI is InChI=1S/C16H9.BrH.Mg/c1-3-11-7-9-13-5-2-6-14-10-8-12(4-1)15(11)16(13)14;;/h1-5,7-10H;1H;/q-1;;+2/p-1. The average molecular weight is 305 g/mol. The monoisotopic (exact) mass is 304 g/mol. The van der Waals surface area contributed by atoms with Crippen LogP contribution in [0.1, 0.15) is 0 Å². The fraction of sp³-hybridized carbons (Fsp3) is 0. The molecule has 4 aromatic rings. The third kappa shape index (κ3) is 1.80. The van der Waals surface area contributed by atoms with E-state index in [1.807, 2.05) is 6.07 Å². The van der Waals surface area contributed by atoms with E-state index in [1.165, 1.54) is 32.3 Å². The molecule has 0 atom stereocenters. The number of hydrogen-bond donors (Lipinski definition) is 0. The van der Waals surface area contributed by atoms with Gasteiger partial charge < -0.3 is 17.0 Å². The minimum absolute atomic E-state index is 0. The summed E-state index contributed by atoms with van der Waals surface area (Å²) >= 11 is 0. The normalized spacial score (nSPS) is 10.4. The van der Waals surface area contributed by atoms with Crippen molar-refractivity contribution in [2.45, 2.75) is 0 Å². The molecule has 0 aromatic heterocycles. The van der Waals surface area contributed by atoms with Crippen LogP contribution in [0.4, 0.5) is 0 Å². The van der Waals surface area contributed by atoms with Crippen LogP contribution in [0.15, 0.2) is 54.6 Å². The van der Waals surface area contributed by atoms with Crippen LogP contribution in [-0.4, -0.2) is 23.1 Å². The van der Waals surface area contributed by atoms with Crippen LogP contribution in [0.5, 0.6) is 0 Å². The summed E-state index contributed by atoms with van der Waals surface area (Å²) in [7, 11) is 0. The molecule has 0 spiro atoms. The summed E-state index contributed by atoms with van der Waals surface area (Å²) in [6, 6.07) is 22.6. The molecule has 0 amide bonds. The zero-order valence-corrected chi connectivity index (χ0v) is 12.8. The Labute approximate surface area is 132 Å². The van der Waals surface area contributed by atoms with E-state index in [9.17, 15) is 0 Å². The number of rotatable bonds is 0. The van der Waals surface area contributed by atoms with Gasteiger partial charge in [-0.2, -0.15) is 0 Å². The second-order valence-electron chi connectivity index (χ2n) is 4.20. The molecule has 4 rings (SSSR count). The maximum atomic E-state index is 3.31. The predicted molar refractivity (Wildman–Crippen MR) is 74.7 cm³/mol. The van der Waals surface area contributed by atoms with Gasteiger partial charge in [0.15, 0.2) is 0 Å². The van der Waals surface area contributed by atoms with E-state index in [-0.39, 0.29) is 40.0 Å². The summed E-state index contributed by atoms with van der Waals surface area (Å²) in [4.78, 5) is 0. The zero-order chi connectivity index (χ0) is 10.5. The van der Waals surface area contributed by atoms with E-state index >= 15 is 0 Å². The number of benzene rings is 4. The molecule has 0 nitrogen and oxygen atoms in total. The molecule has 0 unspecified atom stereocenters. The summed E-state index contributed by atoms with van der Waals surface area (Å²) < 4.78 is 0. The van der Waals surface area contributed by atoms with Crippen LogP contribution in [0.2, 0.25) is 0 Å². The second-order valence-corrected chi connectivity index (χ2v) is 4.20. The van der Waals surface area contributed by atoms with E-state index in [0.717, 1.165) is 0 Å². The molecule has 0 saturated carbocycles. The predicted octanol–water partition coefficient (Wildman–Crippen LogP) is 1.01. The molecule has 0 heterocycles. The van der Waals surface area contributed by atoms with Crippen molar-refractivity contribution in [3.05, 3.63) is 60.7 Å². The van der Waals surface area contributed by atoms with Crippen molar-refractivity contribution < 1.29 is 17.0 Å². The van der Waals surface area contributed by atoms with E-state index < -0.39 is 0 Å². The van der Waals surface area contributed by atoms with E-state index in [4.69, 9.17) is 0 Å². The Kier molecular flexibility index (Phi) is 3.81. The molecule has 0 radical (unpaired) electrons. The second kappa shape index (κ2) is 5.04. The summed E-state index contributed by atoms with van der Waals surface area (Å²) in [5.41, 5.74) is 0. The first-order valence-corrected chi connectivity index (χ1v) is 5.48. The van der Waals surface area contributed by atoms with Crippen LogP contribution >= 0.6 is 0 Å². The quantitative estimate of drug-likeness (QED) is 0.258. The molecule has 0 saturated heterocycles. The summed E-state index contributed by atoms with van der Waals surface area (Å²) in [5, 5.41) is 7.86. The van der Waals surface area contributed by atoms with Gasteiger partial charge in [-0.15, -0.1) is 35.0 Å². The first-order valence-electron chi connectivity index (χ1n) is 5.48. The molecule has 0 aliphatic rings. The van der Waals surface area contributed by atoms with E-state index in [0.29, 0.717) is 0 Å². The third-order valence-corrected chi connectivity index (χ3v) is 3.31. The SMILES string of the molecule is [Br-].[Mg+2].[c-]1ccc2ccc3cccc4ccc1c2c43. The first kappa shape index (κ1) is 13.6. The van der Waals surface area contributed by atoms with Gasteiger partial charge in [-0.3, -0.25) is 0 Å². The molecule has 0 aliphatic carbocycles. The molecule has 0 fully saturated rings. The van der Waals surface area contributed by atoms with Crippen molar-refractivity contribution in [1.29, 1.82) is 0 Å². The van der Waals surface area contributed by atoms with Crippen molar-refractivity contribution in [1.82, 2.24) is 0 Å². The summed E-state index contributed by atoms with van der Waals surface area (Å²) in [6.07, 6.45) is 0. The molecular weight excluding hydrogens is 296 g/mol. The van der Waals surface area contributed by atoms with Crippen molar-refractivity contribution in [3.8, 4) is 0 Å². The average Bonchev–Trinajstić information content (AvgIpc) is 2.36. The Morgan fingerprint density at radius 3 is 2.00 bits per heavy atom. The molecule has 0 N–H and O–H groups in total. The Hall–Kier alpha value is -0.834. The maximum Gasteiger partial charge on any atom is 2.00 e. The van der Waals surface area contributed by atoms with Crippen LogP contribution in [0.3, 0.4) is 0 Å². The summed E-state index contributed by atoms with van der Waals surface area (Å²) in [5.74, 6) is 0. The van der Waals surface area contributed by atoms with Gasteiger partial charge in [0.2, 0.25) is 0 Å². The Balaban J connectivity index is 0.000000602. The van der Waals surface area contributed by atoms with Gasteiger partial charge in [0.25, 0.3) is 0 Å². The first-order chi connectivity index (χ1) is 7.93. The molecule has 0 aliphatic heterocycles. The van der Waals surface area contributed by atoms with Crippen molar-refractivity contribution in [3.63, 3.8) is 0 Å². The van der Waals surface area contributed by atoms with E-state index in [2.05, 4.69) is 54.6 Å². The van der Waals surface area contributed by atoms with Crippen molar-refractivity contribution in [2.75, 3.05) is 0 Å². The Morgan fingerprint density at radius 1 is 0.667 bits per heavy atom. The van der Waals surface area contributed by atoms with Crippen LogP contribution in [-0.2, 0) is 0 Å². The van der Waals surface area contributed by atoms with E-state index in [1.54, 1.807) is 0 Å². The van der Waals surface area contributed by atoms with Gasteiger partial charge in [-0.25, -0.2) is 0 Å². The zero-order valence-electron chi connectivity index (χ0n) is 9.78. The maximum absolute atomic E-state index is 3.31. The molecule has 4 aromatic carbocycles. The van der Waals surface area contributed by atoms with Crippen LogP contribution in [0.25, 0.3) is 32.3 Å². The van der Waals surface area contributed by atoms with Crippen molar-refractivity contribution >= 4 is 55.4 Å². The number of hydrogen-bond acceptors (Lipinski definition) is 0. The molecule has 18 heavy (non-hydrogen) atoms. The van der Waals surface area contributed by atoms with Crippen molar-refractivity contribution in [2.24, 2.45) is 0 Å². The van der Waals surface area contributed by atoms with Gasteiger partial charge in [-0.1, -0.05) is 41.8 Å². The van der Waals surface area contributed by atoms with Gasteiger partial charge in [0.1, 0.15) is 0 Å². The van der Waals surface area contributed by atoms with Gasteiger partial charge >= 0.3 is 23.1 Å². The van der Waals surface area contributed by atoms with Crippen LogP contribution < -0.4 is 17.0 Å².